The van der Waals surface area contributed by atoms with Crippen molar-refractivity contribution in [1.82, 2.24) is 0 Å². The van der Waals surface area contributed by atoms with Crippen molar-refractivity contribution in [3.8, 4) is 11.5 Å². The van der Waals surface area contributed by atoms with Gasteiger partial charge in [-0.05, 0) is 61.7 Å². The van der Waals surface area contributed by atoms with Gasteiger partial charge in [-0.1, -0.05) is 146 Å². The van der Waals surface area contributed by atoms with Crippen molar-refractivity contribution in [2.24, 2.45) is 0 Å². The molecule has 0 radical (unpaired) electrons. The fourth-order valence-corrected chi connectivity index (χ4v) is 8.24. The van der Waals surface area contributed by atoms with Gasteiger partial charge in [0, 0.05) is 23.3 Å². The molecule has 2 aromatic carbocycles. The van der Waals surface area contributed by atoms with Gasteiger partial charge in [0.15, 0.2) is 0 Å². The van der Waals surface area contributed by atoms with Crippen LogP contribution in [-0.2, 0) is 28.1 Å². The number of hydrogen-bond acceptors (Lipinski definition) is 3. The largest absolute Gasteiger partial charge is 0.430 e. The molecular weight excluding hydrogens is 539 g/mol. The van der Waals surface area contributed by atoms with Crippen molar-refractivity contribution < 1.29 is 9.05 Å². The van der Waals surface area contributed by atoms with E-state index in [1.165, 1.54) is 71.9 Å². The van der Waals surface area contributed by atoms with Crippen LogP contribution in [-0.4, -0.2) is 5.75 Å². The van der Waals surface area contributed by atoms with Crippen LogP contribution in [0.1, 0.15) is 162 Å². The van der Waals surface area contributed by atoms with Gasteiger partial charge in [0.05, 0.1) is 0 Å². The van der Waals surface area contributed by atoms with Crippen molar-refractivity contribution in [2.75, 3.05) is 5.75 Å². The first kappa shape index (κ1) is 34.3. The molecular formula is C37H59O2PS. The van der Waals surface area contributed by atoms with Gasteiger partial charge in [-0.25, -0.2) is 0 Å². The van der Waals surface area contributed by atoms with Crippen LogP contribution in [0.3, 0.4) is 0 Å². The van der Waals surface area contributed by atoms with Crippen LogP contribution in [0.5, 0.6) is 11.5 Å². The number of rotatable bonds is 8. The van der Waals surface area contributed by atoms with Gasteiger partial charge in [-0.2, -0.15) is 0 Å². The quantitative estimate of drug-likeness (QED) is 0.222. The topological polar surface area (TPSA) is 18.5 Å². The van der Waals surface area contributed by atoms with Crippen molar-refractivity contribution in [3.63, 3.8) is 0 Å². The lowest BCUT2D eigenvalue weighted by molar-refractivity contribution is 0.459. The van der Waals surface area contributed by atoms with E-state index in [1.54, 1.807) is 0 Å². The molecule has 0 saturated heterocycles. The van der Waals surface area contributed by atoms with E-state index in [-0.39, 0.29) is 21.7 Å². The van der Waals surface area contributed by atoms with Crippen LogP contribution < -0.4 is 9.05 Å². The third-order valence-corrected chi connectivity index (χ3v) is 11.1. The Hall–Kier alpha value is -1.18. The van der Waals surface area contributed by atoms with E-state index in [0.717, 1.165) is 23.7 Å². The first-order chi connectivity index (χ1) is 18.8. The van der Waals surface area contributed by atoms with Crippen LogP contribution in [0.4, 0.5) is 0 Å². The monoisotopic (exact) mass is 598 g/mol. The summed E-state index contributed by atoms with van der Waals surface area (Å²) in [5.74, 6) is 3.17. The lowest BCUT2D eigenvalue weighted by Gasteiger charge is -2.34. The van der Waals surface area contributed by atoms with Crippen LogP contribution in [0.25, 0.3) is 0 Å². The maximum Gasteiger partial charge on any atom is 0.360 e. The molecule has 3 rings (SSSR count). The molecule has 2 nitrogen and oxygen atoms in total. The highest BCUT2D eigenvalue weighted by atomic mass is 32.7. The average molecular weight is 599 g/mol. The Balaban J connectivity index is 2.18. The summed E-state index contributed by atoms with van der Waals surface area (Å²) in [6, 6.07) is 9.65. The summed E-state index contributed by atoms with van der Waals surface area (Å²) in [6.07, 6.45) is 8.62. The molecule has 0 aromatic heterocycles. The zero-order valence-electron chi connectivity index (χ0n) is 28.6. The second kappa shape index (κ2) is 13.2. The molecule has 0 bridgehead atoms. The molecule has 230 valence electrons. The van der Waals surface area contributed by atoms with Crippen molar-refractivity contribution in [3.05, 3.63) is 57.6 Å². The molecule has 1 aliphatic heterocycles. The minimum atomic E-state index is -1.20. The van der Waals surface area contributed by atoms with Crippen LogP contribution in [0.2, 0.25) is 0 Å². The highest BCUT2D eigenvalue weighted by Gasteiger charge is 2.34. The van der Waals surface area contributed by atoms with E-state index in [1.807, 2.05) is 11.4 Å². The molecule has 0 saturated carbocycles. The molecule has 0 atom stereocenters. The van der Waals surface area contributed by atoms with Crippen molar-refractivity contribution in [2.45, 2.75) is 157 Å². The highest BCUT2D eigenvalue weighted by molar-refractivity contribution is 8.53. The molecule has 0 spiro atoms. The summed E-state index contributed by atoms with van der Waals surface area (Å²) >= 11 is 1.89. The molecule has 1 aliphatic rings. The van der Waals surface area contributed by atoms with Crippen molar-refractivity contribution >= 4 is 19.0 Å². The van der Waals surface area contributed by atoms with Crippen LogP contribution >= 0.6 is 19.0 Å². The zero-order valence-corrected chi connectivity index (χ0v) is 30.3. The zero-order chi connectivity index (χ0) is 30.8. The number of hydrogen-bond donors (Lipinski definition) is 0. The van der Waals surface area contributed by atoms with Crippen LogP contribution in [0, 0.1) is 0 Å². The lowest BCUT2D eigenvalue weighted by atomic mass is 9.76. The highest BCUT2D eigenvalue weighted by Crippen LogP contribution is 2.58. The Morgan fingerprint density at radius 3 is 1.39 bits per heavy atom. The fraction of sp³-hybridized carbons (Fsp3) is 0.676. The minimum Gasteiger partial charge on any atom is -0.430 e. The SMILES string of the molecule is CCCCCCCCSP1Oc2c(cc(C(C)(C)C)cc2C(C)(C)C)Cc2cc(C(C)(C)C)cc(C(C)(C)C)c2O1. The van der Waals surface area contributed by atoms with Gasteiger partial charge < -0.3 is 9.05 Å². The molecule has 4 heteroatoms. The van der Waals surface area contributed by atoms with E-state index in [0.29, 0.717) is 0 Å². The molecule has 2 aromatic rings. The van der Waals surface area contributed by atoms with E-state index >= 15 is 0 Å². The van der Waals surface area contributed by atoms with Gasteiger partial charge in [0.25, 0.3) is 0 Å². The lowest BCUT2D eigenvalue weighted by Crippen LogP contribution is -2.21. The third kappa shape index (κ3) is 9.15. The standard InChI is InChI=1S/C37H59O2PS/c1-14-15-16-17-18-19-20-41-40-38-32-26(22-28(34(2,3)4)24-30(32)36(8,9)10)21-27-23-29(35(5,6)7)25-31(33(27)39-40)37(11,12)13/h22-25H,14-21H2,1-13H3. The molecule has 0 N–H and O–H groups in total. The van der Waals surface area contributed by atoms with E-state index in [2.05, 4.69) is 114 Å². The molecule has 41 heavy (non-hydrogen) atoms. The second-order valence-electron chi connectivity index (χ2n) is 16.2. The molecule has 0 amide bonds. The average Bonchev–Trinajstić information content (AvgIpc) is 2.80. The first-order valence-corrected chi connectivity index (χ1v) is 18.7. The molecule has 0 unspecified atom stereocenters. The number of fused-ring (bicyclic) bond motifs is 2. The number of unbranched alkanes of at least 4 members (excludes halogenated alkanes) is 5. The maximum absolute atomic E-state index is 7.03. The Bertz CT molecular complexity index is 1090. The summed E-state index contributed by atoms with van der Waals surface area (Å²) in [7, 11) is -1.20. The predicted molar refractivity (Wildman–Crippen MR) is 184 cm³/mol. The van der Waals surface area contributed by atoms with Crippen LogP contribution in [0.15, 0.2) is 24.3 Å². The Morgan fingerprint density at radius 1 is 0.585 bits per heavy atom. The number of benzene rings is 2. The third-order valence-electron chi connectivity index (χ3n) is 8.09. The summed E-state index contributed by atoms with van der Waals surface area (Å²) in [5.41, 5.74) is 7.96. The fourth-order valence-electron chi connectivity index (χ4n) is 5.28. The molecule has 1 heterocycles. The van der Waals surface area contributed by atoms with E-state index in [9.17, 15) is 0 Å². The smallest absolute Gasteiger partial charge is 0.360 e. The van der Waals surface area contributed by atoms with Gasteiger partial charge in [0.1, 0.15) is 11.5 Å². The predicted octanol–water partition coefficient (Wildman–Crippen LogP) is 12.6. The normalized spacial score (nSPS) is 15.0. The van der Waals surface area contributed by atoms with Gasteiger partial charge in [-0.15, -0.1) is 0 Å². The Kier molecular flexibility index (Phi) is 11.1. The Labute approximate surface area is 258 Å². The molecule has 0 fully saturated rings. The summed E-state index contributed by atoms with van der Waals surface area (Å²) in [6.45, 7) is 30.1. The maximum atomic E-state index is 7.03. The van der Waals surface area contributed by atoms with E-state index < -0.39 is 7.58 Å². The summed E-state index contributed by atoms with van der Waals surface area (Å²) in [5, 5.41) is 0. The second-order valence-corrected chi connectivity index (χ2v) is 19.4. The van der Waals surface area contributed by atoms with Gasteiger partial charge in [0.2, 0.25) is 0 Å². The van der Waals surface area contributed by atoms with E-state index in [4.69, 9.17) is 9.05 Å². The summed E-state index contributed by atoms with van der Waals surface area (Å²) < 4.78 is 14.1. The molecule has 0 aliphatic carbocycles. The van der Waals surface area contributed by atoms with Gasteiger partial charge in [-0.3, -0.25) is 0 Å². The van der Waals surface area contributed by atoms with Crippen molar-refractivity contribution in [1.29, 1.82) is 0 Å². The summed E-state index contributed by atoms with van der Waals surface area (Å²) in [4.78, 5) is 0. The van der Waals surface area contributed by atoms with Gasteiger partial charge >= 0.3 is 7.58 Å². The minimum absolute atomic E-state index is 0.0395. The first-order valence-electron chi connectivity index (χ1n) is 16.0. The Morgan fingerprint density at radius 2 is 1.00 bits per heavy atom.